The highest BCUT2D eigenvalue weighted by Crippen LogP contribution is 2.35. The van der Waals surface area contributed by atoms with Gasteiger partial charge in [0, 0.05) is 12.6 Å². The molecule has 1 aliphatic rings. The molecule has 9 heteroatoms. The van der Waals surface area contributed by atoms with E-state index < -0.39 is 26.5 Å². The molecule has 24 heavy (non-hydrogen) atoms. The van der Waals surface area contributed by atoms with E-state index >= 15 is 0 Å². The van der Waals surface area contributed by atoms with Crippen molar-refractivity contribution in [3.05, 3.63) is 62.9 Å². The van der Waals surface area contributed by atoms with Crippen LogP contribution in [0, 0.1) is 15.9 Å². The van der Waals surface area contributed by atoms with Crippen LogP contribution in [0.3, 0.4) is 0 Å². The van der Waals surface area contributed by atoms with Crippen LogP contribution in [-0.2, 0) is 16.4 Å². The van der Waals surface area contributed by atoms with E-state index in [1.807, 2.05) is 0 Å². The summed E-state index contributed by atoms with van der Waals surface area (Å²) in [6.45, 7) is 0.104. The van der Waals surface area contributed by atoms with Crippen molar-refractivity contribution in [3.63, 3.8) is 0 Å². The number of rotatable bonds is 3. The minimum absolute atomic E-state index is 0.00125. The second-order valence-electron chi connectivity index (χ2n) is 5.30. The molecule has 0 unspecified atom stereocenters. The molecule has 0 aliphatic carbocycles. The zero-order chi connectivity index (χ0) is 17.5. The smallest absolute Gasteiger partial charge is 0.263 e. The molecule has 0 atom stereocenters. The molecular formula is C15H12ClFN2O4S. The number of anilines is 1. The third-order valence-electron chi connectivity index (χ3n) is 3.83. The fourth-order valence-electron chi connectivity index (χ4n) is 2.73. The standard InChI is InChI=1S/C15H12ClFN2O4S/c16-12-7-6-11(9-14(12)19(20)21)24(22,23)18-8-2-4-10-3-1-5-13(17)15(10)18/h1,3,5-7,9H,2,4,8H2. The molecule has 126 valence electrons. The van der Waals surface area contributed by atoms with Gasteiger partial charge in [0.2, 0.25) is 0 Å². The topological polar surface area (TPSA) is 80.5 Å². The summed E-state index contributed by atoms with van der Waals surface area (Å²) >= 11 is 5.72. The van der Waals surface area contributed by atoms with E-state index in [9.17, 15) is 22.9 Å². The summed E-state index contributed by atoms with van der Waals surface area (Å²) in [5.74, 6) is -0.640. The summed E-state index contributed by atoms with van der Waals surface area (Å²) in [6, 6.07) is 7.62. The minimum Gasteiger partial charge on any atom is -0.263 e. The maximum absolute atomic E-state index is 14.2. The van der Waals surface area contributed by atoms with Gasteiger partial charge in [-0.15, -0.1) is 0 Å². The molecule has 0 aromatic heterocycles. The first kappa shape index (κ1) is 16.7. The maximum Gasteiger partial charge on any atom is 0.289 e. The number of nitro benzene ring substituents is 1. The highest BCUT2D eigenvalue weighted by atomic mass is 35.5. The highest BCUT2D eigenvalue weighted by Gasteiger charge is 2.32. The van der Waals surface area contributed by atoms with Crippen LogP contribution in [0.25, 0.3) is 0 Å². The molecule has 0 radical (unpaired) electrons. The lowest BCUT2D eigenvalue weighted by Gasteiger charge is -2.30. The molecule has 6 nitrogen and oxygen atoms in total. The molecule has 0 bridgehead atoms. The minimum atomic E-state index is -4.14. The van der Waals surface area contributed by atoms with Crippen molar-refractivity contribution in [1.29, 1.82) is 0 Å². The first-order valence-electron chi connectivity index (χ1n) is 7.06. The molecule has 2 aromatic rings. The first-order valence-corrected chi connectivity index (χ1v) is 8.88. The summed E-state index contributed by atoms with van der Waals surface area (Å²) in [6.07, 6.45) is 1.10. The predicted molar refractivity (Wildman–Crippen MR) is 87.4 cm³/mol. The first-order chi connectivity index (χ1) is 11.3. The van der Waals surface area contributed by atoms with Gasteiger partial charge in [0.05, 0.1) is 15.5 Å². The van der Waals surface area contributed by atoms with E-state index in [0.29, 0.717) is 18.4 Å². The molecule has 0 amide bonds. The van der Waals surface area contributed by atoms with Crippen molar-refractivity contribution in [2.24, 2.45) is 0 Å². The Labute approximate surface area is 142 Å². The Morgan fingerprint density at radius 2 is 2.00 bits per heavy atom. The number of sulfonamides is 1. The lowest BCUT2D eigenvalue weighted by Crippen LogP contribution is -2.36. The Kier molecular flexibility index (Phi) is 4.18. The molecule has 0 saturated heterocycles. The highest BCUT2D eigenvalue weighted by molar-refractivity contribution is 7.92. The van der Waals surface area contributed by atoms with E-state index in [4.69, 9.17) is 11.6 Å². The fraction of sp³-hybridized carbons (Fsp3) is 0.200. The Hall–Kier alpha value is -2.19. The van der Waals surface area contributed by atoms with Crippen LogP contribution in [0.5, 0.6) is 0 Å². The number of para-hydroxylation sites is 1. The zero-order valence-corrected chi connectivity index (χ0v) is 13.8. The lowest BCUT2D eigenvalue weighted by atomic mass is 10.0. The monoisotopic (exact) mass is 370 g/mol. The third-order valence-corrected chi connectivity index (χ3v) is 5.94. The van der Waals surface area contributed by atoms with Crippen LogP contribution in [-0.4, -0.2) is 19.9 Å². The van der Waals surface area contributed by atoms with Crippen LogP contribution >= 0.6 is 11.6 Å². The summed E-state index contributed by atoms with van der Waals surface area (Å²) in [5, 5.41) is 10.8. The number of halogens is 2. The van der Waals surface area contributed by atoms with Crippen LogP contribution in [0.1, 0.15) is 12.0 Å². The van der Waals surface area contributed by atoms with Crippen LogP contribution in [0.2, 0.25) is 5.02 Å². The number of hydrogen-bond donors (Lipinski definition) is 0. The number of aryl methyl sites for hydroxylation is 1. The van der Waals surface area contributed by atoms with Gasteiger partial charge in [-0.3, -0.25) is 14.4 Å². The molecule has 0 spiro atoms. The van der Waals surface area contributed by atoms with Gasteiger partial charge >= 0.3 is 0 Å². The second kappa shape index (κ2) is 6.03. The van der Waals surface area contributed by atoms with Gasteiger partial charge in [0.25, 0.3) is 15.7 Å². The third kappa shape index (κ3) is 2.71. The van der Waals surface area contributed by atoms with Crippen LogP contribution in [0.15, 0.2) is 41.3 Å². The number of nitro groups is 1. The molecule has 0 fully saturated rings. The van der Waals surface area contributed by atoms with E-state index in [1.165, 1.54) is 18.2 Å². The van der Waals surface area contributed by atoms with E-state index in [-0.39, 0.29) is 22.2 Å². The van der Waals surface area contributed by atoms with Crippen molar-refractivity contribution in [1.82, 2.24) is 0 Å². The van der Waals surface area contributed by atoms with E-state index in [2.05, 4.69) is 0 Å². The molecule has 1 aliphatic heterocycles. The normalized spacial score (nSPS) is 14.3. The SMILES string of the molecule is O=[N+]([O-])c1cc(S(=O)(=O)N2CCCc3cccc(F)c32)ccc1Cl. The fourth-order valence-corrected chi connectivity index (χ4v) is 4.48. The Bertz CT molecular complexity index is 933. The number of hydrogen-bond acceptors (Lipinski definition) is 4. The average Bonchev–Trinajstić information content (AvgIpc) is 2.54. The quantitative estimate of drug-likeness (QED) is 0.611. The van der Waals surface area contributed by atoms with Gasteiger partial charge in [0.1, 0.15) is 10.8 Å². The maximum atomic E-state index is 14.2. The molecule has 3 rings (SSSR count). The summed E-state index contributed by atoms with van der Waals surface area (Å²) < 4.78 is 40.9. The van der Waals surface area contributed by atoms with Crippen LogP contribution in [0.4, 0.5) is 15.8 Å². The molecular weight excluding hydrogens is 359 g/mol. The van der Waals surface area contributed by atoms with E-state index in [0.717, 1.165) is 16.4 Å². The Morgan fingerprint density at radius 3 is 2.71 bits per heavy atom. The molecule has 0 saturated carbocycles. The van der Waals surface area contributed by atoms with Gasteiger partial charge in [-0.05, 0) is 36.6 Å². The molecule has 1 heterocycles. The summed E-state index contributed by atoms with van der Waals surface area (Å²) in [4.78, 5) is 9.93. The number of benzene rings is 2. The number of fused-ring (bicyclic) bond motifs is 1. The van der Waals surface area contributed by atoms with Crippen molar-refractivity contribution < 1.29 is 17.7 Å². The van der Waals surface area contributed by atoms with Gasteiger partial charge < -0.3 is 0 Å². The van der Waals surface area contributed by atoms with Crippen molar-refractivity contribution in [2.45, 2.75) is 17.7 Å². The van der Waals surface area contributed by atoms with Crippen molar-refractivity contribution >= 4 is 33.0 Å². The number of nitrogens with zero attached hydrogens (tertiary/aromatic N) is 2. The largest absolute Gasteiger partial charge is 0.289 e. The predicted octanol–water partition coefficient (Wildman–Crippen LogP) is 3.53. The zero-order valence-electron chi connectivity index (χ0n) is 12.3. The Morgan fingerprint density at radius 1 is 1.25 bits per heavy atom. The van der Waals surface area contributed by atoms with Gasteiger partial charge in [0.15, 0.2) is 0 Å². The van der Waals surface area contributed by atoms with Crippen molar-refractivity contribution in [3.8, 4) is 0 Å². The average molecular weight is 371 g/mol. The van der Waals surface area contributed by atoms with Crippen LogP contribution < -0.4 is 4.31 Å². The second-order valence-corrected chi connectivity index (χ2v) is 7.57. The van der Waals surface area contributed by atoms with Gasteiger partial charge in [-0.2, -0.15) is 0 Å². The van der Waals surface area contributed by atoms with E-state index in [1.54, 1.807) is 6.07 Å². The molecule has 2 aromatic carbocycles. The Balaban J connectivity index is 2.14. The van der Waals surface area contributed by atoms with Gasteiger partial charge in [-0.25, -0.2) is 12.8 Å². The van der Waals surface area contributed by atoms with Gasteiger partial charge in [-0.1, -0.05) is 23.7 Å². The lowest BCUT2D eigenvalue weighted by molar-refractivity contribution is -0.384. The molecule has 0 N–H and O–H groups in total. The summed E-state index contributed by atoms with van der Waals surface area (Å²) in [5.41, 5.74) is 0.0816. The van der Waals surface area contributed by atoms with Crippen molar-refractivity contribution in [2.75, 3.05) is 10.8 Å². The summed E-state index contributed by atoms with van der Waals surface area (Å²) in [7, 11) is -4.14.